The lowest BCUT2D eigenvalue weighted by molar-refractivity contribution is -0.134. The Morgan fingerprint density at radius 2 is 1.85 bits per heavy atom. The summed E-state index contributed by atoms with van der Waals surface area (Å²) in [5.41, 5.74) is 1.39. The van der Waals surface area contributed by atoms with Crippen LogP contribution in [0.1, 0.15) is 28.7 Å². The second kappa shape index (κ2) is 8.03. The number of carbonyl (C=O) groups is 2. The van der Waals surface area contributed by atoms with Gasteiger partial charge in [0.25, 0.3) is 11.8 Å². The summed E-state index contributed by atoms with van der Waals surface area (Å²) in [5.74, 6) is 1.12. The molecule has 2 amide bonds. The standard InChI is InChI=1S/C19H23N3O4/c1-3-15-6-4-5-7-17(15)25-13-18(23)21-8-10-22(11-9-21)19(24)16-12-14(2)26-20-16/h4-7,12H,3,8-11,13H2,1-2H3. The van der Waals surface area contributed by atoms with E-state index in [4.69, 9.17) is 9.26 Å². The van der Waals surface area contributed by atoms with Gasteiger partial charge in [-0.05, 0) is 25.0 Å². The molecule has 0 atom stereocenters. The molecule has 0 bridgehead atoms. The minimum Gasteiger partial charge on any atom is -0.483 e. The van der Waals surface area contributed by atoms with Crippen molar-refractivity contribution in [1.82, 2.24) is 15.0 Å². The number of ether oxygens (including phenoxy) is 1. The van der Waals surface area contributed by atoms with Gasteiger partial charge in [0.2, 0.25) is 0 Å². The van der Waals surface area contributed by atoms with Crippen LogP contribution in [0.3, 0.4) is 0 Å². The molecule has 1 saturated heterocycles. The van der Waals surface area contributed by atoms with Gasteiger partial charge in [-0.1, -0.05) is 30.3 Å². The smallest absolute Gasteiger partial charge is 0.276 e. The van der Waals surface area contributed by atoms with Gasteiger partial charge in [0.15, 0.2) is 12.3 Å². The first kappa shape index (κ1) is 18.0. The molecule has 7 nitrogen and oxygen atoms in total. The summed E-state index contributed by atoms with van der Waals surface area (Å²) in [6, 6.07) is 9.35. The van der Waals surface area contributed by atoms with Crippen molar-refractivity contribution in [1.29, 1.82) is 0 Å². The Labute approximate surface area is 152 Å². The third-order valence-corrected chi connectivity index (χ3v) is 4.47. The predicted octanol–water partition coefficient (Wildman–Crippen LogP) is 1.91. The number of aromatic nitrogens is 1. The van der Waals surface area contributed by atoms with Crippen molar-refractivity contribution in [3.05, 3.63) is 47.3 Å². The number of amides is 2. The van der Waals surface area contributed by atoms with E-state index in [0.29, 0.717) is 37.6 Å². The van der Waals surface area contributed by atoms with Gasteiger partial charge in [-0.2, -0.15) is 0 Å². The van der Waals surface area contributed by atoms with Crippen LogP contribution in [0.2, 0.25) is 0 Å². The molecule has 0 aliphatic carbocycles. The zero-order valence-electron chi connectivity index (χ0n) is 15.1. The monoisotopic (exact) mass is 357 g/mol. The predicted molar refractivity (Wildman–Crippen MR) is 95.0 cm³/mol. The van der Waals surface area contributed by atoms with Crippen molar-refractivity contribution in [3.8, 4) is 5.75 Å². The molecule has 0 radical (unpaired) electrons. The number of piperazine rings is 1. The first-order chi connectivity index (χ1) is 12.6. The summed E-state index contributed by atoms with van der Waals surface area (Å²) in [7, 11) is 0. The van der Waals surface area contributed by atoms with E-state index in [1.165, 1.54) is 0 Å². The number of carbonyl (C=O) groups excluding carboxylic acids is 2. The maximum absolute atomic E-state index is 12.4. The average molecular weight is 357 g/mol. The van der Waals surface area contributed by atoms with Gasteiger partial charge in [-0.15, -0.1) is 0 Å². The van der Waals surface area contributed by atoms with E-state index in [-0.39, 0.29) is 18.4 Å². The zero-order chi connectivity index (χ0) is 18.5. The number of hydrogen-bond donors (Lipinski definition) is 0. The molecular formula is C19H23N3O4. The number of rotatable bonds is 5. The van der Waals surface area contributed by atoms with E-state index in [1.807, 2.05) is 24.3 Å². The fraction of sp³-hybridized carbons (Fsp3) is 0.421. The third-order valence-electron chi connectivity index (χ3n) is 4.47. The Kier molecular flexibility index (Phi) is 5.55. The van der Waals surface area contributed by atoms with Crippen LogP contribution in [-0.4, -0.2) is 59.6 Å². The Bertz CT molecular complexity index is 779. The van der Waals surface area contributed by atoms with Crippen LogP contribution in [-0.2, 0) is 11.2 Å². The lowest BCUT2D eigenvalue weighted by atomic mass is 10.1. The number of para-hydroxylation sites is 1. The van der Waals surface area contributed by atoms with Crippen molar-refractivity contribution in [2.24, 2.45) is 0 Å². The maximum atomic E-state index is 12.4. The van der Waals surface area contributed by atoms with Gasteiger partial charge in [0.05, 0.1) is 0 Å². The number of nitrogens with zero attached hydrogens (tertiary/aromatic N) is 3. The van der Waals surface area contributed by atoms with Crippen LogP contribution in [0.5, 0.6) is 5.75 Å². The molecule has 0 unspecified atom stereocenters. The molecule has 7 heteroatoms. The molecule has 26 heavy (non-hydrogen) atoms. The lowest BCUT2D eigenvalue weighted by Gasteiger charge is -2.34. The summed E-state index contributed by atoms with van der Waals surface area (Å²) < 4.78 is 10.6. The van der Waals surface area contributed by atoms with E-state index < -0.39 is 0 Å². The van der Waals surface area contributed by atoms with Crippen molar-refractivity contribution >= 4 is 11.8 Å². The largest absolute Gasteiger partial charge is 0.483 e. The van der Waals surface area contributed by atoms with Crippen molar-refractivity contribution < 1.29 is 18.8 Å². The van der Waals surface area contributed by atoms with Gasteiger partial charge >= 0.3 is 0 Å². The Morgan fingerprint density at radius 1 is 1.15 bits per heavy atom. The molecular weight excluding hydrogens is 334 g/mol. The first-order valence-corrected chi connectivity index (χ1v) is 8.79. The second-order valence-electron chi connectivity index (χ2n) is 6.25. The molecule has 1 aliphatic rings. The molecule has 0 N–H and O–H groups in total. The van der Waals surface area contributed by atoms with E-state index >= 15 is 0 Å². The van der Waals surface area contributed by atoms with Crippen molar-refractivity contribution in [2.75, 3.05) is 32.8 Å². The molecule has 138 valence electrons. The van der Waals surface area contributed by atoms with Crippen molar-refractivity contribution in [2.45, 2.75) is 20.3 Å². The highest BCUT2D eigenvalue weighted by Crippen LogP contribution is 2.18. The summed E-state index contributed by atoms with van der Waals surface area (Å²) in [6.07, 6.45) is 0.854. The first-order valence-electron chi connectivity index (χ1n) is 8.79. The topological polar surface area (TPSA) is 75.9 Å². The van der Waals surface area contributed by atoms with E-state index in [2.05, 4.69) is 12.1 Å². The van der Waals surface area contributed by atoms with E-state index in [9.17, 15) is 9.59 Å². The number of benzene rings is 1. The van der Waals surface area contributed by atoms with E-state index in [1.54, 1.807) is 22.8 Å². The molecule has 1 aliphatic heterocycles. The minimum absolute atomic E-state index is 0.00738. The van der Waals surface area contributed by atoms with Crippen LogP contribution >= 0.6 is 0 Å². The molecule has 1 aromatic carbocycles. The highest BCUT2D eigenvalue weighted by atomic mass is 16.5. The van der Waals surface area contributed by atoms with E-state index in [0.717, 1.165) is 17.7 Å². The molecule has 0 saturated carbocycles. The summed E-state index contributed by atoms with van der Waals surface area (Å²) >= 11 is 0. The molecule has 3 rings (SSSR count). The van der Waals surface area contributed by atoms with Crippen LogP contribution in [0.15, 0.2) is 34.9 Å². The Balaban J connectivity index is 1.50. The second-order valence-corrected chi connectivity index (χ2v) is 6.25. The third kappa shape index (κ3) is 4.04. The van der Waals surface area contributed by atoms with Crippen LogP contribution in [0, 0.1) is 6.92 Å². The zero-order valence-corrected chi connectivity index (χ0v) is 15.1. The van der Waals surface area contributed by atoms with Gasteiger partial charge in [-0.3, -0.25) is 9.59 Å². The van der Waals surface area contributed by atoms with Gasteiger partial charge in [0.1, 0.15) is 11.5 Å². The van der Waals surface area contributed by atoms with Gasteiger partial charge < -0.3 is 19.1 Å². The SMILES string of the molecule is CCc1ccccc1OCC(=O)N1CCN(C(=O)c2cc(C)on2)CC1. The highest BCUT2D eigenvalue weighted by molar-refractivity contribution is 5.92. The van der Waals surface area contributed by atoms with Crippen molar-refractivity contribution in [3.63, 3.8) is 0 Å². The summed E-state index contributed by atoms with van der Waals surface area (Å²) in [5, 5.41) is 3.76. The molecule has 0 spiro atoms. The number of aryl methyl sites for hydroxylation is 2. The maximum Gasteiger partial charge on any atom is 0.276 e. The Morgan fingerprint density at radius 3 is 2.50 bits per heavy atom. The van der Waals surface area contributed by atoms with Gasteiger partial charge in [-0.25, -0.2) is 0 Å². The summed E-state index contributed by atoms with van der Waals surface area (Å²) in [4.78, 5) is 28.2. The molecule has 2 aromatic rings. The van der Waals surface area contributed by atoms with Crippen LogP contribution in [0.4, 0.5) is 0 Å². The fourth-order valence-electron chi connectivity index (χ4n) is 2.96. The minimum atomic E-state index is -0.165. The van der Waals surface area contributed by atoms with Gasteiger partial charge in [0, 0.05) is 32.2 Å². The normalized spacial score (nSPS) is 14.4. The molecule has 1 fully saturated rings. The lowest BCUT2D eigenvalue weighted by Crippen LogP contribution is -2.51. The number of hydrogen-bond acceptors (Lipinski definition) is 5. The fourth-order valence-corrected chi connectivity index (χ4v) is 2.96. The van der Waals surface area contributed by atoms with Crippen LogP contribution < -0.4 is 4.74 Å². The average Bonchev–Trinajstić information content (AvgIpc) is 3.12. The van der Waals surface area contributed by atoms with Crippen LogP contribution in [0.25, 0.3) is 0 Å². The molecule has 1 aromatic heterocycles. The highest BCUT2D eigenvalue weighted by Gasteiger charge is 2.26. The quantitative estimate of drug-likeness (QED) is 0.817. The Hall–Kier alpha value is -2.83. The molecule has 2 heterocycles. The summed E-state index contributed by atoms with van der Waals surface area (Å²) in [6.45, 7) is 5.73.